The van der Waals surface area contributed by atoms with Gasteiger partial charge in [0.25, 0.3) is 0 Å². The van der Waals surface area contributed by atoms with Crippen molar-refractivity contribution in [3.8, 4) is 11.8 Å². The summed E-state index contributed by atoms with van der Waals surface area (Å²) in [7, 11) is 0. The number of benzene rings is 1. The predicted octanol–water partition coefficient (Wildman–Crippen LogP) is 2.62. The molecule has 0 atom stereocenters. The highest BCUT2D eigenvalue weighted by Gasteiger charge is 2.04. The Morgan fingerprint density at radius 2 is 2.06 bits per heavy atom. The summed E-state index contributed by atoms with van der Waals surface area (Å²) in [5.41, 5.74) is 1.42. The number of rotatable bonds is 4. The van der Waals surface area contributed by atoms with Crippen LogP contribution in [0.1, 0.15) is 18.9 Å². The van der Waals surface area contributed by atoms with E-state index in [9.17, 15) is 4.79 Å². The van der Waals surface area contributed by atoms with Crippen molar-refractivity contribution in [2.24, 2.45) is 0 Å². The molecule has 0 heterocycles. The molecule has 16 heavy (non-hydrogen) atoms. The number of nitrogens with zero attached hydrogens (tertiary/aromatic N) is 1. The molecule has 0 aliphatic carbocycles. The van der Waals surface area contributed by atoms with Crippen LogP contribution >= 0.6 is 0 Å². The molecule has 0 saturated heterocycles. The van der Waals surface area contributed by atoms with E-state index in [4.69, 9.17) is 10.00 Å². The minimum absolute atomic E-state index is 0.369. The minimum atomic E-state index is -0.426. The van der Waals surface area contributed by atoms with Gasteiger partial charge in [0, 0.05) is 12.0 Å². The maximum atomic E-state index is 11.2. The second-order valence-electron chi connectivity index (χ2n) is 3.47. The number of hydrogen-bond donors (Lipinski definition) is 0. The van der Waals surface area contributed by atoms with Gasteiger partial charge in [-0.1, -0.05) is 18.7 Å². The van der Waals surface area contributed by atoms with Gasteiger partial charge in [-0.15, -0.1) is 0 Å². The van der Waals surface area contributed by atoms with Crippen molar-refractivity contribution in [1.29, 1.82) is 5.26 Å². The number of carbonyl (C=O) groups excluding carboxylic acids is 1. The van der Waals surface area contributed by atoms with E-state index in [0.29, 0.717) is 24.2 Å². The Morgan fingerprint density at radius 1 is 1.44 bits per heavy atom. The van der Waals surface area contributed by atoms with Crippen LogP contribution in [0.15, 0.2) is 36.4 Å². The van der Waals surface area contributed by atoms with Crippen LogP contribution < -0.4 is 4.74 Å². The fourth-order valence-corrected chi connectivity index (χ4v) is 1.12. The van der Waals surface area contributed by atoms with Crippen LogP contribution in [0.5, 0.6) is 5.75 Å². The summed E-state index contributed by atoms with van der Waals surface area (Å²) in [6.45, 7) is 5.10. The zero-order valence-corrected chi connectivity index (χ0v) is 9.19. The molecule has 3 heteroatoms. The summed E-state index contributed by atoms with van der Waals surface area (Å²) in [5.74, 6) is 0.0680. The van der Waals surface area contributed by atoms with Gasteiger partial charge in [-0.25, -0.2) is 4.79 Å². The molecular formula is C13H13NO2. The molecule has 82 valence electrons. The first-order chi connectivity index (χ1) is 7.63. The lowest BCUT2D eigenvalue weighted by Gasteiger charge is -2.04. The molecular weight excluding hydrogens is 202 g/mol. The third-order valence-corrected chi connectivity index (χ3v) is 2.01. The maximum Gasteiger partial charge on any atom is 0.338 e. The third-order valence-electron chi connectivity index (χ3n) is 2.01. The first-order valence-electron chi connectivity index (χ1n) is 4.97. The average Bonchev–Trinajstić information content (AvgIpc) is 2.28. The first-order valence-corrected chi connectivity index (χ1v) is 4.97. The summed E-state index contributed by atoms with van der Waals surface area (Å²) in [5, 5.41) is 8.43. The molecule has 0 unspecified atom stereocenters. The monoisotopic (exact) mass is 215 g/mol. The highest BCUT2D eigenvalue weighted by Crippen LogP contribution is 2.14. The lowest BCUT2D eigenvalue weighted by Crippen LogP contribution is -2.07. The second-order valence-corrected chi connectivity index (χ2v) is 3.47. The Hall–Kier alpha value is -2.08. The Bertz CT molecular complexity index is 426. The van der Waals surface area contributed by atoms with Gasteiger partial charge in [0.1, 0.15) is 5.75 Å². The molecule has 1 aromatic carbocycles. The van der Waals surface area contributed by atoms with Crippen LogP contribution in [0.25, 0.3) is 0 Å². The van der Waals surface area contributed by atoms with Crippen molar-refractivity contribution in [3.63, 3.8) is 0 Å². The number of nitriles is 1. The quantitative estimate of drug-likeness (QED) is 0.440. The van der Waals surface area contributed by atoms with Crippen molar-refractivity contribution in [3.05, 3.63) is 42.0 Å². The van der Waals surface area contributed by atoms with Gasteiger partial charge in [-0.2, -0.15) is 5.26 Å². The van der Waals surface area contributed by atoms with E-state index in [-0.39, 0.29) is 0 Å². The highest BCUT2D eigenvalue weighted by molar-refractivity contribution is 5.88. The Balaban J connectivity index is 2.61. The molecule has 0 fully saturated rings. The molecule has 0 N–H and O–H groups in total. The van der Waals surface area contributed by atoms with Gasteiger partial charge in [0.2, 0.25) is 0 Å². The SMILES string of the molecule is C=C(C)C(=O)Oc1ccc(CCC#N)cc1. The van der Waals surface area contributed by atoms with Gasteiger partial charge >= 0.3 is 5.97 Å². The predicted molar refractivity (Wildman–Crippen MR) is 60.8 cm³/mol. The molecule has 0 aromatic heterocycles. The Kier molecular flexibility index (Phi) is 4.28. The van der Waals surface area contributed by atoms with Crippen LogP contribution in [0, 0.1) is 11.3 Å². The van der Waals surface area contributed by atoms with Crippen LogP contribution in [-0.4, -0.2) is 5.97 Å². The van der Waals surface area contributed by atoms with Gasteiger partial charge in [0.05, 0.1) is 6.07 Å². The van der Waals surface area contributed by atoms with Gasteiger partial charge in [-0.05, 0) is 31.0 Å². The second kappa shape index (κ2) is 5.72. The van der Waals surface area contributed by atoms with E-state index < -0.39 is 5.97 Å². The van der Waals surface area contributed by atoms with Crippen molar-refractivity contribution in [2.75, 3.05) is 0 Å². The number of aryl methyl sites for hydroxylation is 1. The molecule has 1 rings (SSSR count). The normalized spacial score (nSPS) is 9.25. The van der Waals surface area contributed by atoms with Crippen molar-refractivity contribution < 1.29 is 9.53 Å². The summed E-state index contributed by atoms with van der Waals surface area (Å²) in [4.78, 5) is 11.2. The molecule has 0 amide bonds. The van der Waals surface area contributed by atoms with Gasteiger partial charge in [0.15, 0.2) is 0 Å². The van der Waals surface area contributed by atoms with Gasteiger partial charge < -0.3 is 4.74 Å². The molecule has 0 aliphatic rings. The number of ether oxygens (including phenoxy) is 1. The fraction of sp³-hybridized carbons (Fsp3) is 0.231. The lowest BCUT2D eigenvalue weighted by atomic mass is 10.1. The zero-order chi connectivity index (χ0) is 12.0. The van der Waals surface area contributed by atoms with Crippen LogP contribution in [0.3, 0.4) is 0 Å². The summed E-state index contributed by atoms with van der Waals surface area (Å²) < 4.78 is 5.03. The first kappa shape index (κ1) is 12.0. The summed E-state index contributed by atoms with van der Waals surface area (Å²) in [6.07, 6.45) is 1.20. The molecule has 0 aliphatic heterocycles. The number of hydrogen-bond acceptors (Lipinski definition) is 3. The fourth-order valence-electron chi connectivity index (χ4n) is 1.12. The van der Waals surface area contributed by atoms with Crippen molar-refractivity contribution >= 4 is 5.97 Å². The summed E-state index contributed by atoms with van der Waals surface area (Å²) in [6, 6.07) is 9.20. The Labute approximate surface area is 95.0 Å². The zero-order valence-electron chi connectivity index (χ0n) is 9.19. The maximum absolute atomic E-state index is 11.2. The molecule has 0 bridgehead atoms. The largest absolute Gasteiger partial charge is 0.423 e. The molecule has 0 radical (unpaired) electrons. The van der Waals surface area contributed by atoms with E-state index >= 15 is 0 Å². The lowest BCUT2D eigenvalue weighted by molar-refractivity contribution is -0.130. The van der Waals surface area contributed by atoms with Crippen molar-refractivity contribution in [2.45, 2.75) is 19.8 Å². The van der Waals surface area contributed by atoms with E-state index in [1.807, 2.05) is 12.1 Å². The number of carbonyl (C=O) groups is 1. The van der Waals surface area contributed by atoms with Crippen LogP contribution in [-0.2, 0) is 11.2 Å². The molecule has 3 nitrogen and oxygen atoms in total. The minimum Gasteiger partial charge on any atom is -0.423 e. The van der Waals surface area contributed by atoms with E-state index in [1.165, 1.54) is 0 Å². The molecule has 1 aromatic rings. The van der Waals surface area contributed by atoms with Crippen LogP contribution in [0.4, 0.5) is 0 Å². The Morgan fingerprint density at radius 3 is 2.56 bits per heavy atom. The number of esters is 1. The van der Waals surface area contributed by atoms with Crippen LogP contribution in [0.2, 0.25) is 0 Å². The van der Waals surface area contributed by atoms with Gasteiger partial charge in [-0.3, -0.25) is 0 Å². The average molecular weight is 215 g/mol. The van der Waals surface area contributed by atoms with E-state index in [1.54, 1.807) is 19.1 Å². The third kappa shape index (κ3) is 3.58. The topological polar surface area (TPSA) is 50.1 Å². The standard InChI is InChI=1S/C13H13NO2/c1-10(2)13(15)16-12-7-5-11(6-8-12)4-3-9-14/h5-8H,1,3-4H2,2H3. The van der Waals surface area contributed by atoms with Crippen molar-refractivity contribution in [1.82, 2.24) is 0 Å². The molecule has 0 spiro atoms. The highest BCUT2D eigenvalue weighted by atomic mass is 16.5. The smallest absolute Gasteiger partial charge is 0.338 e. The summed E-state index contributed by atoms with van der Waals surface area (Å²) >= 11 is 0. The van der Waals surface area contributed by atoms with E-state index in [2.05, 4.69) is 12.6 Å². The molecule has 0 saturated carbocycles. The van der Waals surface area contributed by atoms with E-state index in [0.717, 1.165) is 5.56 Å².